The van der Waals surface area contributed by atoms with Crippen molar-refractivity contribution in [3.63, 3.8) is 0 Å². The molecule has 0 heterocycles. The van der Waals surface area contributed by atoms with Gasteiger partial charge in [-0.05, 0) is 47.4 Å². The van der Waals surface area contributed by atoms with Gasteiger partial charge in [0.1, 0.15) is 5.75 Å². The minimum absolute atomic E-state index is 0.129. The molecule has 0 atom stereocenters. The lowest BCUT2D eigenvalue weighted by Gasteiger charge is -2.07. The van der Waals surface area contributed by atoms with Crippen molar-refractivity contribution in [2.24, 2.45) is 0 Å². The first-order valence-electron chi connectivity index (χ1n) is 7.94. The molecule has 3 aromatic rings. The standard InChI is InChI=1S/C21H19NO2/c23-20-12-10-19(11-13-20)21(24)22-15-14-16-6-8-18(9-7-16)17-4-2-1-3-5-17/h1-13,23H,14-15H2,(H,22,24). The summed E-state index contributed by atoms with van der Waals surface area (Å²) in [5, 5.41) is 12.1. The SMILES string of the molecule is O=C(NCCc1ccc(-c2ccccc2)cc1)c1ccc(O)cc1. The number of nitrogens with one attached hydrogen (secondary N) is 1. The van der Waals surface area contributed by atoms with Gasteiger partial charge < -0.3 is 10.4 Å². The van der Waals surface area contributed by atoms with E-state index >= 15 is 0 Å². The summed E-state index contributed by atoms with van der Waals surface area (Å²) >= 11 is 0. The lowest BCUT2D eigenvalue weighted by Crippen LogP contribution is -2.25. The molecule has 0 aliphatic carbocycles. The highest BCUT2D eigenvalue weighted by molar-refractivity contribution is 5.94. The number of phenols is 1. The Morgan fingerprint density at radius 3 is 2.08 bits per heavy atom. The molecule has 0 saturated heterocycles. The van der Waals surface area contributed by atoms with Crippen LogP contribution in [0.2, 0.25) is 0 Å². The predicted molar refractivity (Wildman–Crippen MR) is 96.0 cm³/mol. The molecular weight excluding hydrogens is 298 g/mol. The summed E-state index contributed by atoms with van der Waals surface area (Å²) in [5.74, 6) is 0.0287. The Morgan fingerprint density at radius 1 is 0.792 bits per heavy atom. The Labute approximate surface area is 141 Å². The number of rotatable bonds is 5. The van der Waals surface area contributed by atoms with Crippen molar-refractivity contribution < 1.29 is 9.90 Å². The van der Waals surface area contributed by atoms with Gasteiger partial charge in [0.2, 0.25) is 0 Å². The number of carbonyl (C=O) groups excluding carboxylic acids is 1. The van der Waals surface area contributed by atoms with E-state index in [0.29, 0.717) is 12.1 Å². The second-order valence-corrected chi connectivity index (χ2v) is 5.62. The van der Waals surface area contributed by atoms with Gasteiger partial charge in [0, 0.05) is 12.1 Å². The zero-order chi connectivity index (χ0) is 16.8. The summed E-state index contributed by atoms with van der Waals surface area (Å²) in [6.45, 7) is 0.574. The molecule has 0 aliphatic heterocycles. The third-order valence-corrected chi connectivity index (χ3v) is 3.89. The van der Waals surface area contributed by atoms with Crippen LogP contribution in [-0.4, -0.2) is 17.6 Å². The van der Waals surface area contributed by atoms with Crippen LogP contribution in [0.1, 0.15) is 15.9 Å². The highest BCUT2D eigenvalue weighted by Gasteiger charge is 2.04. The lowest BCUT2D eigenvalue weighted by molar-refractivity contribution is 0.0954. The van der Waals surface area contributed by atoms with Crippen molar-refractivity contribution in [3.05, 3.63) is 90.0 Å². The summed E-state index contributed by atoms with van der Waals surface area (Å²) in [6.07, 6.45) is 0.777. The molecule has 0 saturated carbocycles. The lowest BCUT2D eigenvalue weighted by atomic mass is 10.0. The van der Waals surface area contributed by atoms with Gasteiger partial charge in [-0.3, -0.25) is 4.79 Å². The Kier molecular flexibility index (Phi) is 4.92. The smallest absolute Gasteiger partial charge is 0.251 e. The highest BCUT2D eigenvalue weighted by atomic mass is 16.3. The minimum atomic E-state index is -0.129. The monoisotopic (exact) mass is 317 g/mol. The van der Waals surface area contributed by atoms with Gasteiger partial charge >= 0.3 is 0 Å². The summed E-state index contributed by atoms with van der Waals surface area (Å²) in [7, 11) is 0. The van der Waals surface area contributed by atoms with Crippen LogP contribution in [-0.2, 0) is 6.42 Å². The Morgan fingerprint density at radius 2 is 1.42 bits per heavy atom. The largest absolute Gasteiger partial charge is 0.508 e. The van der Waals surface area contributed by atoms with Crippen LogP contribution >= 0.6 is 0 Å². The summed E-state index contributed by atoms with van der Waals surface area (Å²) in [5.41, 5.74) is 4.12. The van der Waals surface area contributed by atoms with Crippen molar-refractivity contribution in [1.29, 1.82) is 0 Å². The zero-order valence-electron chi connectivity index (χ0n) is 13.3. The molecule has 0 bridgehead atoms. The number of benzene rings is 3. The van der Waals surface area contributed by atoms with E-state index in [1.165, 1.54) is 28.8 Å². The van der Waals surface area contributed by atoms with Gasteiger partial charge in [0.15, 0.2) is 0 Å². The average Bonchev–Trinajstić information content (AvgIpc) is 2.63. The third kappa shape index (κ3) is 4.02. The van der Waals surface area contributed by atoms with E-state index in [1.807, 2.05) is 18.2 Å². The van der Waals surface area contributed by atoms with Crippen LogP contribution < -0.4 is 5.32 Å². The van der Waals surface area contributed by atoms with Gasteiger partial charge in [-0.25, -0.2) is 0 Å². The predicted octanol–water partition coefficient (Wildman–Crippen LogP) is 4.03. The number of phenolic OH excluding ortho intramolecular Hbond substituents is 1. The van der Waals surface area contributed by atoms with Crippen LogP contribution in [0.3, 0.4) is 0 Å². The molecule has 0 aromatic heterocycles. The van der Waals surface area contributed by atoms with Crippen molar-refractivity contribution in [2.45, 2.75) is 6.42 Å². The summed E-state index contributed by atoms with van der Waals surface area (Å²) in [4.78, 5) is 12.0. The molecule has 0 fully saturated rings. The van der Waals surface area contributed by atoms with Gasteiger partial charge in [0.05, 0.1) is 0 Å². The van der Waals surface area contributed by atoms with E-state index in [4.69, 9.17) is 0 Å². The molecule has 0 spiro atoms. The topological polar surface area (TPSA) is 49.3 Å². The maximum Gasteiger partial charge on any atom is 0.251 e. The van der Waals surface area contributed by atoms with Crippen LogP contribution in [0.5, 0.6) is 5.75 Å². The van der Waals surface area contributed by atoms with E-state index in [-0.39, 0.29) is 11.7 Å². The van der Waals surface area contributed by atoms with E-state index in [9.17, 15) is 9.90 Å². The maximum atomic E-state index is 12.0. The van der Waals surface area contributed by atoms with Gasteiger partial charge in [0.25, 0.3) is 5.91 Å². The van der Waals surface area contributed by atoms with Crippen molar-refractivity contribution in [2.75, 3.05) is 6.54 Å². The van der Waals surface area contributed by atoms with Crippen molar-refractivity contribution in [3.8, 4) is 16.9 Å². The fourth-order valence-corrected chi connectivity index (χ4v) is 2.53. The second-order valence-electron chi connectivity index (χ2n) is 5.62. The van der Waals surface area contributed by atoms with Gasteiger partial charge in [-0.2, -0.15) is 0 Å². The molecule has 2 N–H and O–H groups in total. The molecule has 1 amide bonds. The second kappa shape index (κ2) is 7.47. The fourth-order valence-electron chi connectivity index (χ4n) is 2.53. The van der Waals surface area contributed by atoms with E-state index < -0.39 is 0 Å². The Bertz CT molecular complexity index is 794. The van der Waals surface area contributed by atoms with Crippen LogP contribution in [0, 0.1) is 0 Å². The number of hydrogen-bond donors (Lipinski definition) is 2. The van der Waals surface area contributed by atoms with Crippen molar-refractivity contribution >= 4 is 5.91 Å². The van der Waals surface area contributed by atoms with Crippen LogP contribution in [0.4, 0.5) is 0 Å². The minimum Gasteiger partial charge on any atom is -0.508 e. The Balaban J connectivity index is 1.53. The number of hydrogen-bond acceptors (Lipinski definition) is 2. The van der Waals surface area contributed by atoms with Gasteiger partial charge in [-0.15, -0.1) is 0 Å². The average molecular weight is 317 g/mol. The van der Waals surface area contributed by atoms with Gasteiger partial charge in [-0.1, -0.05) is 54.6 Å². The van der Waals surface area contributed by atoms with Crippen LogP contribution in [0.25, 0.3) is 11.1 Å². The molecule has 24 heavy (non-hydrogen) atoms. The zero-order valence-corrected chi connectivity index (χ0v) is 13.3. The van der Waals surface area contributed by atoms with E-state index in [2.05, 4.69) is 41.7 Å². The number of carbonyl (C=O) groups is 1. The maximum absolute atomic E-state index is 12.0. The number of amides is 1. The molecule has 3 heteroatoms. The quantitative estimate of drug-likeness (QED) is 0.746. The molecule has 120 valence electrons. The Hall–Kier alpha value is -3.07. The van der Waals surface area contributed by atoms with E-state index in [1.54, 1.807) is 12.1 Å². The highest BCUT2D eigenvalue weighted by Crippen LogP contribution is 2.19. The molecule has 0 unspecified atom stereocenters. The van der Waals surface area contributed by atoms with E-state index in [0.717, 1.165) is 6.42 Å². The van der Waals surface area contributed by atoms with Crippen molar-refractivity contribution in [1.82, 2.24) is 5.32 Å². The fraction of sp³-hybridized carbons (Fsp3) is 0.0952. The first-order valence-corrected chi connectivity index (χ1v) is 7.94. The molecule has 3 nitrogen and oxygen atoms in total. The summed E-state index contributed by atoms with van der Waals surface area (Å²) < 4.78 is 0. The molecule has 0 radical (unpaired) electrons. The molecule has 0 aliphatic rings. The molecule has 3 rings (SSSR count). The van der Waals surface area contributed by atoms with Crippen LogP contribution in [0.15, 0.2) is 78.9 Å². The summed E-state index contributed by atoms with van der Waals surface area (Å²) in [6, 6.07) is 24.9. The molecule has 3 aromatic carbocycles. The normalized spacial score (nSPS) is 10.3. The molecular formula is C21H19NO2. The first kappa shape index (κ1) is 15.8. The first-order chi connectivity index (χ1) is 11.7. The third-order valence-electron chi connectivity index (χ3n) is 3.89. The number of aromatic hydroxyl groups is 1.